The van der Waals surface area contributed by atoms with Crippen molar-refractivity contribution in [1.82, 2.24) is 15.3 Å². The summed E-state index contributed by atoms with van der Waals surface area (Å²) in [5.41, 5.74) is 2.33. The van der Waals surface area contributed by atoms with Crippen LogP contribution in [0.5, 0.6) is 0 Å². The Morgan fingerprint density at radius 3 is 2.69 bits per heavy atom. The van der Waals surface area contributed by atoms with E-state index < -0.39 is 0 Å². The summed E-state index contributed by atoms with van der Waals surface area (Å²) in [5, 5.41) is 3.62. The lowest BCUT2D eigenvalue weighted by Crippen LogP contribution is -2.28. The van der Waals surface area contributed by atoms with Gasteiger partial charge in [0.05, 0.1) is 12.0 Å². The van der Waals surface area contributed by atoms with E-state index in [4.69, 9.17) is 0 Å². The zero-order chi connectivity index (χ0) is 11.8. The molecule has 0 saturated carbocycles. The third kappa shape index (κ3) is 4.35. The predicted octanol–water partition coefficient (Wildman–Crippen LogP) is 3.17. The molecule has 1 aromatic rings. The average Bonchev–Trinajstić information content (AvgIpc) is 2.68. The molecule has 0 aliphatic rings. The van der Waals surface area contributed by atoms with Crippen molar-refractivity contribution in [3.8, 4) is 0 Å². The molecule has 3 heteroatoms. The summed E-state index contributed by atoms with van der Waals surface area (Å²) in [6, 6.07) is 0.654. The molecule has 0 saturated heterocycles. The van der Waals surface area contributed by atoms with Crippen molar-refractivity contribution in [2.45, 2.75) is 65.5 Å². The number of nitrogens with one attached hydrogen (secondary N) is 2. The molecule has 1 unspecified atom stereocenters. The molecule has 16 heavy (non-hydrogen) atoms. The molecule has 0 aromatic carbocycles. The summed E-state index contributed by atoms with van der Waals surface area (Å²) in [7, 11) is 0. The number of nitrogens with zero attached hydrogens (tertiary/aromatic N) is 1. The molecule has 2 N–H and O–H groups in total. The summed E-state index contributed by atoms with van der Waals surface area (Å²) in [4.78, 5) is 7.43. The third-order valence-corrected chi connectivity index (χ3v) is 3.04. The predicted molar refractivity (Wildman–Crippen MR) is 68.4 cm³/mol. The Bertz CT molecular complexity index is 280. The van der Waals surface area contributed by atoms with Crippen molar-refractivity contribution in [2.24, 2.45) is 0 Å². The van der Waals surface area contributed by atoms with Gasteiger partial charge in [-0.1, -0.05) is 33.1 Å². The average molecular weight is 223 g/mol. The van der Waals surface area contributed by atoms with Crippen molar-refractivity contribution in [3.63, 3.8) is 0 Å². The Hall–Kier alpha value is -0.830. The van der Waals surface area contributed by atoms with Crippen LogP contribution in [0.2, 0.25) is 0 Å². The van der Waals surface area contributed by atoms with Crippen molar-refractivity contribution in [2.75, 3.05) is 0 Å². The Balaban J connectivity index is 2.34. The molecule has 0 aliphatic heterocycles. The van der Waals surface area contributed by atoms with Crippen LogP contribution >= 0.6 is 0 Å². The van der Waals surface area contributed by atoms with Crippen LogP contribution in [0.3, 0.4) is 0 Å². The monoisotopic (exact) mass is 223 g/mol. The maximum atomic E-state index is 4.31. The van der Waals surface area contributed by atoms with Gasteiger partial charge in [-0.15, -0.1) is 0 Å². The maximum absolute atomic E-state index is 4.31. The van der Waals surface area contributed by atoms with Crippen molar-refractivity contribution in [3.05, 3.63) is 17.7 Å². The second-order valence-electron chi connectivity index (χ2n) is 4.48. The fourth-order valence-electron chi connectivity index (χ4n) is 1.95. The van der Waals surface area contributed by atoms with Gasteiger partial charge >= 0.3 is 0 Å². The fourth-order valence-corrected chi connectivity index (χ4v) is 1.95. The van der Waals surface area contributed by atoms with Gasteiger partial charge < -0.3 is 10.3 Å². The first kappa shape index (κ1) is 13.2. The van der Waals surface area contributed by atoms with Crippen LogP contribution in [0.15, 0.2) is 6.33 Å². The second-order valence-corrected chi connectivity index (χ2v) is 4.48. The zero-order valence-electron chi connectivity index (χ0n) is 10.8. The van der Waals surface area contributed by atoms with E-state index in [-0.39, 0.29) is 0 Å². The Kier molecular flexibility index (Phi) is 6.16. The van der Waals surface area contributed by atoms with Gasteiger partial charge in [-0.2, -0.15) is 0 Å². The number of aryl methyl sites for hydroxylation is 1. The number of H-pyrrole nitrogens is 1. The maximum Gasteiger partial charge on any atom is 0.0925 e. The fraction of sp³-hybridized carbons (Fsp3) is 0.769. The van der Waals surface area contributed by atoms with Crippen LogP contribution in [0.25, 0.3) is 0 Å². The van der Waals surface area contributed by atoms with Crippen LogP contribution in [0.1, 0.15) is 57.3 Å². The van der Waals surface area contributed by atoms with Gasteiger partial charge in [0.15, 0.2) is 0 Å². The third-order valence-electron chi connectivity index (χ3n) is 3.04. The summed E-state index contributed by atoms with van der Waals surface area (Å²) in [5.74, 6) is 0. The molecule has 92 valence electrons. The van der Waals surface area contributed by atoms with E-state index in [1.165, 1.54) is 37.8 Å². The van der Waals surface area contributed by atoms with Crippen molar-refractivity contribution in [1.29, 1.82) is 0 Å². The molecule has 0 bridgehead atoms. The van der Waals surface area contributed by atoms with E-state index in [0.29, 0.717) is 6.04 Å². The van der Waals surface area contributed by atoms with Crippen LogP contribution < -0.4 is 5.32 Å². The van der Waals surface area contributed by atoms with E-state index in [0.717, 1.165) is 12.2 Å². The molecule has 1 aromatic heterocycles. The van der Waals surface area contributed by atoms with E-state index in [1.807, 2.05) is 0 Å². The van der Waals surface area contributed by atoms with Gasteiger partial charge in [-0.05, 0) is 19.8 Å². The molecule has 0 spiro atoms. The molecule has 0 amide bonds. The summed E-state index contributed by atoms with van der Waals surface area (Å²) >= 11 is 0. The van der Waals surface area contributed by atoms with E-state index >= 15 is 0 Å². The summed E-state index contributed by atoms with van der Waals surface area (Å²) in [6.45, 7) is 7.47. The van der Waals surface area contributed by atoms with E-state index in [2.05, 4.69) is 36.1 Å². The Morgan fingerprint density at radius 2 is 2.12 bits per heavy atom. The quantitative estimate of drug-likeness (QED) is 0.710. The number of imidazole rings is 1. The van der Waals surface area contributed by atoms with Crippen LogP contribution in [-0.4, -0.2) is 16.0 Å². The molecule has 3 nitrogen and oxygen atoms in total. The van der Waals surface area contributed by atoms with Gasteiger partial charge in [-0.3, -0.25) is 0 Å². The highest BCUT2D eigenvalue weighted by Gasteiger charge is 2.08. The number of hydrogen-bond donors (Lipinski definition) is 2. The SMILES string of the molecule is CCCCC(CCC)NCc1nc[nH]c1C. The molecule has 1 rings (SSSR count). The largest absolute Gasteiger partial charge is 0.348 e. The van der Waals surface area contributed by atoms with Gasteiger partial charge in [0, 0.05) is 18.3 Å². The highest BCUT2D eigenvalue weighted by atomic mass is 15.0. The lowest BCUT2D eigenvalue weighted by molar-refractivity contribution is 0.431. The number of unbranched alkanes of at least 4 members (excludes halogenated alkanes) is 1. The highest BCUT2D eigenvalue weighted by molar-refractivity contribution is 5.08. The lowest BCUT2D eigenvalue weighted by atomic mass is 10.1. The highest BCUT2D eigenvalue weighted by Crippen LogP contribution is 2.08. The van der Waals surface area contributed by atoms with Crippen LogP contribution in [0.4, 0.5) is 0 Å². The first-order valence-corrected chi connectivity index (χ1v) is 6.50. The molecule has 0 radical (unpaired) electrons. The minimum Gasteiger partial charge on any atom is -0.348 e. The van der Waals surface area contributed by atoms with Gasteiger partial charge in [0.1, 0.15) is 0 Å². The topological polar surface area (TPSA) is 40.7 Å². The molecular weight excluding hydrogens is 198 g/mol. The molecule has 1 heterocycles. The minimum atomic E-state index is 0.654. The molecular formula is C13H25N3. The van der Waals surface area contributed by atoms with E-state index in [9.17, 15) is 0 Å². The Morgan fingerprint density at radius 1 is 1.31 bits per heavy atom. The smallest absolute Gasteiger partial charge is 0.0925 e. The van der Waals surface area contributed by atoms with Crippen molar-refractivity contribution < 1.29 is 0 Å². The first-order chi connectivity index (χ1) is 7.77. The minimum absolute atomic E-state index is 0.654. The lowest BCUT2D eigenvalue weighted by Gasteiger charge is -2.17. The van der Waals surface area contributed by atoms with E-state index in [1.54, 1.807) is 6.33 Å². The van der Waals surface area contributed by atoms with Gasteiger partial charge in [0.2, 0.25) is 0 Å². The van der Waals surface area contributed by atoms with Crippen LogP contribution in [0, 0.1) is 6.92 Å². The molecule has 0 fully saturated rings. The molecule has 0 aliphatic carbocycles. The standard InChI is InChI=1S/C13H25N3/c1-4-6-8-12(7-5-2)14-9-13-11(3)15-10-16-13/h10,12,14H,4-9H2,1-3H3,(H,15,16). The zero-order valence-corrected chi connectivity index (χ0v) is 10.8. The van der Waals surface area contributed by atoms with Gasteiger partial charge in [-0.25, -0.2) is 4.98 Å². The molecule has 1 atom stereocenters. The normalized spacial score (nSPS) is 12.9. The number of hydrogen-bond acceptors (Lipinski definition) is 2. The number of rotatable bonds is 8. The Labute approximate surface area is 99.1 Å². The second kappa shape index (κ2) is 7.44. The number of aromatic nitrogens is 2. The summed E-state index contributed by atoms with van der Waals surface area (Å²) in [6.07, 6.45) is 8.17. The summed E-state index contributed by atoms with van der Waals surface area (Å²) < 4.78 is 0. The van der Waals surface area contributed by atoms with Gasteiger partial charge in [0.25, 0.3) is 0 Å². The van der Waals surface area contributed by atoms with Crippen LogP contribution in [-0.2, 0) is 6.54 Å². The number of aromatic amines is 1. The first-order valence-electron chi connectivity index (χ1n) is 6.50. The van der Waals surface area contributed by atoms with Crippen molar-refractivity contribution >= 4 is 0 Å².